The van der Waals surface area contributed by atoms with Crippen LogP contribution in [0.15, 0.2) is 18.5 Å². The maximum atomic E-state index is 12.0. The summed E-state index contributed by atoms with van der Waals surface area (Å²) in [5.74, 6) is 1.53. The summed E-state index contributed by atoms with van der Waals surface area (Å²) in [7, 11) is 0. The average molecular weight is 360 g/mol. The van der Waals surface area contributed by atoms with Crippen LogP contribution in [-0.4, -0.2) is 72.4 Å². The van der Waals surface area contributed by atoms with E-state index in [0.717, 1.165) is 70.8 Å². The Morgan fingerprint density at radius 1 is 1.27 bits per heavy atom. The highest BCUT2D eigenvalue weighted by atomic mass is 16.5. The van der Waals surface area contributed by atoms with Gasteiger partial charge in [-0.15, -0.1) is 0 Å². The summed E-state index contributed by atoms with van der Waals surface area (Å²) in [6.45, 7) is 5.21. The molecule has 7 nitrogen and oxygen atoms in total. The topological polar surface area (TPSA) is 67.8 Å². The van der Waals surface area contributed by atoms with Crippen LogP contribution in [-0.2, 0) is 14.3 Å². The van der Waals surface area contributed by atoms with Gasteiger partial charge in [-0.1, -0.05) is 0 Å². The van der Waals surface area contributed by atoms with Gasteiger partial charge >= 0.3 is 0 Å². The van der Waals surface area contributed by atoms with E-state index in [1.807, 2.05) is 11.0 Å². The first-order chi connectivity index (χ1) is 12.7. The van der Waals surface area contributed by atoms with Crippen LogP contribution in [0.5, 0.6) is 0 Å². The molecule has 0 aromatic carbocycles. The van der Waals surface area contributed by atoms with Gasteiger partial charge < -0.3 is 19.3 Å². The third-order valence-electron chi connectivity index (χ3n) is 5.74. The molecule has 1 aromatic heterocycles. The molecule has 0 saturated carbocycles. The van der Waals surface area contributed by atoms with Crippen molar-refractivity contribution < 1.29 is 14.3 Å². The molecule has 142 valence electrons. The molecule has 0 bridgehead atoms. The van der Waals surface area contributed by atoms with Crippen molar-refractivity contribution in [1.29, 1.82) is 0 Å². The third kappa shape index (κ3) is 3.99. The molecular weight excluding hydrogens is 332 g/mol. The second kappa shape index (κ2) is 7.88. The molecule has 7 heteroatoms. The quantitative estimate of drug-likeness (QED) is 0.716. The van der Waals surface area contributed by atoms with Crippen LogP contribution >= 0.6 is 0 Å². The zero-order chi connectivity index (χ0) is 17.8. The van der Waals surface area contributed by atoms with E-state index in [9.17, 15) is 4.79 Å². The van der Waals surface area contributed by atoms with E-state index >= 15 is 0 Å². The molecule has 3 saturated heterocycles. The molecule has 3 aliphatic heterocycles. The lowest BCUT2D eigenvalue weighted by Crippen LogP contribution is -2.65. The van der Waals surface area contributed by atoms with E-state index in [1.54, 1.807) is 12.4 Å². The molecule has 3 aliphatic rings. The van der Waals surface area contributed by atoms with Crippen LogP contribution in [0.2, 0.25) is 0 Å². The first-order valence-corrected chi connectivity index (χ1v) is 9.76. The first kappa shape index (κ1) is 17.7. The summed E-state index contributed by atoms with van der Waals surface area (Å²) in [5, 5.41) is 0. The summed E-state index contributed by atoms with van der Waals surface area (Å²) >= 11 is 0. The van der Waals surface area contributed by atoms with Crippen molar-refractivity contribution in [2.24, 2.45) is 5.92 Å². The number of nitrogens with zero attached hydrogens (tertiary/aromatic N) is 4. The van der Waals surface area contributed by atoms with Crippen molar-refractivity contribution >= 4 is 11.9 Å². The van der Waals surface area contributed by atoms with Gasteiger partial charge in [0.15, 0.2) is 0 Å². The van der Waals surface area contributed by atoms with Crippen LogP contribution in [0.1, 0.15) is 32.1 Å². The molecule has 0 radical (unpaired) electrons. The molecule has 3 fully saturated rings. The van der Waals surface area contributed by atoms with Gasteiger partial charge in [-0.05, 0) is 44.1 Å². The summed E-state index contributed by atoms with van der Waals surface area (Å²) in [4.78, 5) is 24.7. The maximum Gasteiger partial charge on any atom is 0.248 e. The largest absolute Gasteiger partial charge is 0.372 e. The number of hydrogen-bond donors (Lipinski definition) is 0. The van der Waals surface area contributed by atoms with Crippen LogP contribution in [0.4, 0.5) is 5.95 Å². The van der Waals surface area contributed by atoms with E-state index in [4.69, 9.17) is 9.47 Å². The Hall–Kier alpha value is -1.73. The third-order valence-corrected chi connectivity index (χ3v) is 5.74. The fourth-order valence-electron chi connectivity index (χ4n) is 4.31. The Balaban J connectivity index is 1.17. The monoisotopic (exact) mass is 360 g/mol. The van der Waals surface area contributed by atoms with E-state index in [-0.39, 0.29) is 18.1 Å². The molecule has 1 spiro atoms. The second-order valence-electron chi connectivity index (χ2n) is 7.72. The number of carbonyl (C=O) groups is 1. The lowest BCUT2D eigenvalue weighted by Gasteiger charge is -2.53. The van der Waals surface area contributed by atoms with E-state index in [2.05, 4.69) is 14.9 Å². The zero-order valence-electron chi connectivity index (χ0n) is 15.3. The number of ether oxygens (including phenoxy) is 2. The Bertz CT molecular complexity index is 600. The predicted octanol–water partition coefficient (Wildman–Crippen LogP) is 1.49. The normalized spacial score (nSPS) is 24.7. The van der Waals surface area contributed by atoms with Crippen LogP contribution in [0.3, 0.4) is 0 Å². The fraction of sp³-hybridized carbons (Fsp3) is 0.737. The smallest absolute Gasteiger partial charge is 0.248 e. The number of aromatic nitrogens is 2. The Morgan fingerprint density at radius 3 is 2.81 bits per heavy atom. The number of amides is 1. The molecule has 0 aliphatic carbocycles. The first-order valence-electron chi connectivity index (χ1n) is 9.76. The highest BCUT2D eigenvalue weighted by Gasteiger charge is 2.48. The van der Waals surface area contributed by atoms with Crippen molar-refractivity contribution in [3.63, 3.8) is 0 Å². The lowest BCUT2D eigenvalue weighted by molar-refractivity contribution is -0.136. The zero-order valence-corrected chi connectivity index (χ0v) is 15.3. The lowest BCUT2D eigenvalue weighted by atomic mass is 9.79. The van der Waals surface area contributed by atoms with Gasteiger partial charge in [0.2, 0.25) is 11.9 Å². The van der Waals surface area contributed by atoms with Crippen LogP contribution in [0, 0.1) is 5.92 Å². The van der Waals surface area contributed by atoms with Gasteiger partial charge in [-0.3, -0.25) is 4.79 Å². The standard InChI is InChI=1S/C19H28N4O3/c24-17(22-8-1-2-9-22)13-25-10-4-16-5-11-26-19(12-16)14-23(15-19)18-20-6-3-7-21-18/h3,6-7,16H,1-2,4-5,8-15H2/t16-/m1/s1. The van der Waals surface area contributed by atoms with Crippen LogP contribution < -0.4 is 4.90 Å². The summed E-state index contributed by atoms with van der Waals surface area (Å²) in [6.07, 6.45) is 8.94. The summed E-state index contributed by atoms with van der Waals surface area (Å²) < 4.78 is 11.8. The maximum absolute atomic E-state index is 12.0. The Morgan fingerprint density at radius 2 is 2.04 bits per heavy atom. The number of carbonyl (C=O) groups excluding carboxylic acids is 1. The number of hydrogen-bond acceptors (Lipinski definition) is 6. The molecule has 4 rings (SSSR count). The summed E-state index contributed by atoms with van der Waals surface area (Å²) in [6, 6.07) is 1.83. The van der Waals surface area contributed by atoms with Crippen LogP contribution in [0.25, 0.3) is 0 Å². The molecule has 1 aromatic rings. The fourth-order valence-corrected chi connectivity index (χ4v) is 4.31. The highest BCUT2D eigenvalue weighted by Crippen LogP contribution is 2.39. The molecule has 26 heavy (non-hydrogen) atoms. The number of rotatable bonds is 6. The predicted molar refractivity (Wildman–Crippen MR) is 96.9 cm³/mol. The van der Waals surface area contributed by atoms with E-state index < -0.39 is 0 Å². The van der Waals surface area contributed by atoms with Crippen molar-refractivity contribution in [3.05, 3.63) is 18.5 Å². The van der Waals surface area contributed by atoms with Gasteiger partial charge in [0.25, 0.3) is 0 Å². The second-order valence-corrected chi connectivity index (χ2v) is 7.72. The molecule has 0 unspecified atom stereocenters. The van der Waals surface area contributed by atoms with Crippen molar-refractivity contribution in [3.8, 4) is 0 Å². The van der Waals surface area contributed by atoms with Crippen molar-refractivity contribution in [2.45, 2.75) is 37.7 Å². The Kier molecular flexibility index (Phi) is 5.36. The molecule has 0 N–H and O–H groups in total. The van der Waals surface area contributed by atoms with Gasteiger partial charge in [0, 0.05) is 38.7 Å². The van der Waals surface area contributed by atoms with E-state index in [0.29, 0.717) is 12.5 Å². The molecule has 1 atom stereocenters. The molecule has 4 heterocycles. The van der Waals surface area contributed by atoms with Gasteiger partial charge in [-0.25, -0.2) is 9.97 Å². The molecular formula is C19H28N4O3. The minimum atomic E-state index is -0.0481. The SMILES string of the molecule is O=C(COCC[C@@H]1CCOC2(C1)CN(c1ncccn1)C2)N1CCCC1. The van der Waals surface area contributed by atoms with Crippen molar-refractivity contribution in [2.75, 3.05) is 50.9 Å². The van der Waals surface area contributed by atoms with Gasteiger partial charge in [-0.2, -0.15) is 0 Å². The minimum absolute atomic E-state index is 0.0481. The average Bonchev–Trinajstić information content (AvgIpc) is 3.19. The summed E-state index contributed by atoms with van der Waals surface area (Å²) in [5.41, 5.74) is -0.0481. The highest BCUT2D eigenvalue weighted by molar-refractivity contribution is 5.77. The van der Waals surface area contributed by atoms with Gasteiger partial charge in [0.05, 0.1) is 13.1 Å². The number of likely N-dealkylation sites (tertiary alicyclic amines) is 1. The molecule has 1 amide bonds. The van der Waals surface area contributed by atoms with Gasteiger partial charge in [0.1, 0.15) is 12.2 Å². The van der Waals surface area contributed by atoms with Crippen molar-refractivity contribution in [1.82, 2.24) is 14.9 Å². The van der Waals surface area contributed by atoms with E-state index in [1.165, 1.54) is 0 Å². The number of anilines is 1. The minimum Gasteiger partial charge on any atom is -0.372 e. The Labute approximate surface area is 154 Å².